The van der Waals surface area contributed by atoms with E-state index in [1.807, 2.05) is 24.3 Å². The monoisotopic (exact) mass is 316 g/mol. The van der Waals surface area contributed by atoms with E-state index in [1.54, 1.807) is 12.4 Å². The lowest BCUT2D eigenvalue weighted by atomic mass is 10.1. The number of aromatic nitrogens is 2. The minimum Gasteiger partial charge on any atom is -0.355 e. The first-order valence-electron chi connectivity index (χ1n) is 7.84. The molecule has 0 saturated heterocycles. The van der Waals surface area contributed by atoms with Crippen LogP contribution in [0.5, 0.6) is 0 Å². The van der Waals surface area contributed by atoms with Crippen LogP contribution in [0.2, 0.25) is 0 Å². The average molecular weight is 316 g/mol. The fraction of sp³-hybridized carbons (Fsp3) is 0.105. The molecule has 0 spiro atoms. The van der Waals surface area contributed by atoms with Crippen LogP contribution in [-0.2, 0) is 4.79 Å². The van der Waals surface area contributed by atoms with Gasteiger partial charge >= 0.3 is 0 Å². The molecule has 0 unspecified atom stereocenters. The predicted octanol–water partition coefficient (Wildman–Crippen LogP) is 3.51. The molecule has 118 valence electrons. The number of allylic oxidation sites excluding steroid dienone is 1. The van der Waals surface area contributed by atoms with Crippen molar-refractivity contribution in [3.8, 4) is 11.3 Å². The molecule has 0 radical (unpaired) electrons. The summed E-state index contributed by atoms with van der Waals surface area (Å²) in [7, 11) is 0. The van der Waals surface area contributed by atoms with Crippen LogP contribution in [-0.4, -0.2) is 21.6 Å². The van der Waals surface area contributed by atoms with E-state index in [0.717, 1.165) is 33.4 Å². The lowest BCUT2D eigenvalue weighted by Crippen LogP contribution is -2.24. The van der Waals surface area contributed by atoms with Gasteiger partial charge in [-0.25, -0.2) is 5.43 Å². The number of pyridine rings is 1. The third-order valence-electron chi connectivity index (χ3n) is 4.04. The predicted molar refractivity (Wildman–Crippen MR) is 95.4 cm³/mol. The Hall–Kier alpha value is -3.21. The van der Waals surface area contributed by atoms with E-state index in [9.17, 15) is 4.79 Å². The smallest absolute Gasteiger partial charge is 0.240 e. The minimum absolute atomic E-state index is 0.0236. The van der Waals surface area contributed by atoms with Crippen molar-refractivity contribution in [3.63, 3.8) is 0 Å². The van der Waals surface area contributed by atoms with Crippen LogP contribution in [0.25, 0.3) is 28.2 Å². The SMILES string of the molecule is O=C1CCC(C=Cc2ccc3[nH]c(-c4ccncc4)cc3c2)=NN1. The molecule has 2 N–H and O–H groups in total. The molecule has 0 fully saturated rings. The van der Waals surface area contributed by atoms with Crippen molar-refractivity contribution in [2.75, 3.05) is 0 Å². The van der Waals surface area contributed by atoms with Crippen molar-refractivity contribution < 1.29 is 4.79 Å². The van der Waals surface area contributed by atoms with E-state index in [0.29, 0.717) is 12.8 Å². The van der Waals surface area contributed by atoms with Crippen molar-refractivity contribution in [1.82, 2.24) is 15.4 Å². The minimum atomic E-state index is -0.0236. The van der Waals surface area contributed by atoms with Gasteiger partial charge < -0.3 is 4.98 Å². The Bertz CT molecular complexity index is 954. The molecule has 5 heteroatoms. The fourth-order valence-corrected chi connectivity index (χ4v) is 2.74. The Balaban J connectivity index is 1.60. The van der Waals surface area contributed by atoms with Crippen molar-refractivity contribution in [2.45, 2.75) is 12.8 Å². The van der Waals surface area contributed by atoms with Gasteiger partial charge in [-0.2, -0.15) is 5.10 Å². The standard InChI is InChI=1S/C19H16N4O/c24-19-6-4-16(22-23-19)3-1-13-2-5-17-15(11-13)12-18(21-17)14-7-9-20-10-8-14/h1-3,5,7-12,21H,4,6H2,(H,23,24). The molecule has 1 aromatic carbocycles. The summed E-state index contributed by atoms with van der Waals surface area (Å²) < 4.78 is 0. The second-order valence-electron chi connectivity index (χ2n) is 5.74. The highest BCUT2D eigenvalue weighted by atomic mass is 16.2. The number of aromatic amines is 1. The van der Waals surface area contributed by atoms with Crippen LogP contribution in [0.1, 0.15) is 18.4 Å². The number of H-pyrrole nitrogens is 1. The molecule has 3 aromatic rings. The Morgan fingerprint density at radius 3 is 2.67 bits per heavy atom. The molecule has 1 aliphatic heterocycles. The Kier molecular flexibility index (Phi) is 3.67. The van der Waals surface area contributed by atoms with Crippen LogP contribution in [0.15, 0.2) is 60.0 Å². The third kappa shape index (κ3) is 2.96. The third-order valence-corrected chi connectivity index (χ3v) is 4.04. The Morgan fingerprint density at radius 1 is 1.00 bits per heavy atom. The summed E-state index contributed by atoms with van der Waals surface area (Å²) in [6.07, 6.45) is 8.74. The summed E-state index contributed by atoms with van der Waals surface area (Å²) in [5.41, 5.74) is 7.79. The van der Waals surface area contributed by atoms with Crippen LogP contribution < -0.4 is 5.43 Å². The fourth-order valence-electron chi connectivity index (χ4n) is 2.74. The average Bonchev–Trinajstić information content (AvgIpc) is 3.05. The molecule has 0 atom stereocenters. The van der Waals surface area contributed by atoms with Gasteiger partial charge in [-0.15, -0.1) is 0 Å². The van der Waals surface area contributed by atoms with Gasteiger partial charge in [-0.3, -0.25) is 9.78 Å². The van der Waals surface area contributed by atoms with Crippen molar-refractivity contribution >= 4 is 28.6 Å². The van der Waals surface area contributed by atoms with E-state index >= 15 is 0 Å². The molecule has 1 amide bonds. The zero-order chi connectivity index (χ0) is 16.4. The maximum absolute atomic E-state index is 11.1. The molecule has 0 saturated carbocycles. The molecule has 1 aliphatic rings. The van der Waals surface area contributed by atoms with Crippen LogP contribution in [0.3, 0.4) is 0 Å². The first-order valence-corrected chi connectivity index (χ1v) is 7.84. The van der Waals surface area contributed by atoms with E-state index in [1.165, 1.54) is 0 Å². The zero-order valence-electron chi connectivity index (χ0n) is 13.0. The number of hydrazone groups is 1. The molecule has 5 nitrogen and oxygen atoms in total. The van der Waals surface area contributed by atoms with Gasteiger partial charge in [0.1, 0.15) is 0 Å². The van der Waals surface area contributed by atoms with Gasteiger partial charge in [0, 0.05) is 47.4 Å². The largest absolute Gasteiger partial charge is 0.355 e. The summed E-state index contributed by atoms with van der Waals surface area (Å²) >= 11 is 0. The number of hydrogen-bond donors (Lipinski definition) is 2. The number of carbonyl (C=O) groups is 1. The van der Waals surface area contributed by atoms with Gasteiger partial charge in [-0.1, -0.05) is 12.1 Å². The van der Waals surface area contributed by atoms with Crippen LogP contribution in [0.4, 0.5) is 0 Å². The topological polar surface area (TPSA) is 70.1 Å². The Morgan fingerprint density at radius 2 is 1.88 bits per heavy atom. The second-order valence-corrected chi connectivity index (χ2v) is 5.74. The molecule has 4 rings (SSSR count). The van der Waals surface area contributed by atoms with Crippen molar-refractivity contribution in [2.24, 2.45) is 5.10 Å². The van der Waals surface area contributed by atoms with E-state index in [2.05, 4.69) is 44.8 Å². The van der Waals surface area contributed by atoms with Gasteiger partial charge in [-0.05, 0) is 42.0 Å². The lowest BCUT2D eigenvalue weighted by molar-refractivity contribution is -0.121. The normalized spacial score (nSPS) is 14.8. The maximum Gasteiger partial charge on any atom is 0.240 e. The summed E-state index contributed by atoms with van der Waals surface area (Å²) in [4.78, 5) is 18.6. The quantitative estimate of drug-likeness (QED) is 0.776. The molecule has 0 bridgehead atoms. The van der Waals surface area contributed by atoms with Crippen LogP contribution >= 0.6 is 0 Å². The first-order chi connectivity index (χ1) is 11.8. The summed E-state index contributed by atoms with van der Waals surface area (Å²) in [5, 5.41) is 5.21. The highest BCUT2D eigenvalue weighted by molar-refractivity contribution is 6.02. The number of amides is 1. The van der Waals surface area contributed by atoms with Gasteiger partial charge in [0.05, 0.1) is 5.71 Å². The van der Waals surface area contributed by atoms with E-state index in [-0.39, 0.29) is 5.91 Å². The number of hydrogen-bond acceptors (Lipinski definition) is 3. The number of fused-ring (bicyclic) bond motifs is 1. The molecule has 3 heterocycles. The van der Waals surface area contributed by atoms with E-state index < -0.39 is 0 Å². The van der Waals surface area contributed by atoms with Crippen LogP contribution in [0, 0.1) is 0 Å². The van der Waals surface area contributed by atoms with Gasteiger partial charge in [0.2, 0.25) is 5.91 Å². The number of nitrogens with zero attached hydrogens (tertiary/aromatic N) is 2. The highest BCUT2D eigenvalue weighted by Gasteiger charge is 2.08. The highest BCUT2D eigenvalue weighted by Crippen LogP contribution is 2.24. The maximum atomic E-state index is 11.1. The molecular formula is C19H16N4O. The lowest BCUT2D eigenvalue weighted by Gasteiger charge is -2.07. The van der Waals surface area contributed by atoms with E-state index in [4.69, 9.17) is 0 Å². The summed E-state index contributed by atoms with van der Waals surface area (Å²) in [5.74, 6) is -0.0236. The second kappa shape index (κ2) is 6.12. The number of benzene rings is 1. The number of carbonyl (C=O) groups excluding carboxylic acids is 1. The summed E-state index contributed by atoms with van der Waals surface area (Å²) in [6.45, 7) is 0. The summed E-state index contributed by atoms with van der Waals surface area (Å²) in [6, 6.07) is 12.4. The van der Waals surface area contributed by atoms with Crippen molar-refractivity contribution in [3.05, 3.63) is 60.4 Å². The first kappa shape index (κ1) is 14.4. The molecule has 2 aromatic heterocycles. The van der Waals surface area contributed by atoms with Gasteiger partial charge in [0.15, 0.2) is 0 Å². The Labute approximate surface area is 139 Å². The number of nitrogens with one attached hydrogen (secondary N) is 2. The molecular weight excluding hydrogens is 300 g/mol. The van der Waals surface area contributed by atoms with Gasteiger partial charge in [0.25, 0.3) is 0 Å². The molecule has 24 heavy (non-hydrogen) atoms. The van der Waals surface area contributed by atoms with Crippen molar-refractivity contribution in [1.29, 1.82) is 0 Å². The zero-order valence-corrected chi connectivity index (χ0v) is 13.0. The molecule has 0 aliphatic carbocycles. The number of rotatable bonds is 3.